The van der Waals surface area contributed by atoms with Gasteiger partial charge < -0.3 is 10.6 Å². The highest BCUT2D eigenvalue weighted by atomic mass is 32.2. The fraction of sp³-hybridized carbons (Fsp3) is 0.294. The van der Waals surface area contributed by atoms with Gasteiger partial charge in [-0.3, -0.25) is 4.79 Å². The number of carbonyl (C=O) groups excluding carboxylic acids is 1. The summed E-state index contributed by atoms with van der Waals surface area (Å²) in [6.45, 7) is 6.92. The summed E-state index contributed by atoms with van der Waals surface area (Å²) in [5.74, 6) is 0.177. The van der Waals surface area contributed by atoms with Crippen LogP contribution in [0.2, 0.25) is 0 Å². The Kier molecular flexibility index (Phi) is 6.23. The van der Waals surface area contributed by atoms with Gasteiger partial charge in [-0.1, -0.05) is 40.8 Å². The van der Waals surface area contributed by atoms with Crippen LogP contribution in [0, 0.1) is 13.8 Å². The van der Waals surface area contributed by atoms with Gasteiger partial charge in [-0.2, -0.15) is 0 Å². The smallest absolute Gasteiger partial charge is 0.236 e. The molecule has 2 N–H and O–H groups in total. The van der Waals surface area contributed by atoms with Crippen LogP contribution in [0.4, 0.5) is 10.3 Å². The third kappa shape index (κ3) is 4.80. The van der Waals surface area contributed by atoms with Crippen LogP contribution >= 0.6 is 34.4 Å². The maximum Gasteiger partial charge on any atom is 0.236 e. The predicted molar refractivity (Wildman–Crippen MR) is 110 cm³/mol. The lowest BCUT2D eigenvalue weighted by atomic mass is 10.0. The first kappa shape index (κ1) is 18.8. The van der Waals surface area contributed by atoms with Crippen LogP contribution < -0.4 is 10.6 Å². The second kappa shape index (κ2) is 8.61. The molecule has 2 heterocycles. The second-order valence-electron chi connectivity index (χ2n) is 5.60. The van der Waals surface area contributed by atoms with E-state index < -0.39 is 0 Å². The Morgan fingerprint density at radius 1 is 1.23 bits per heavy atom. The number of amides is 1. The maximum absolute atomic E-state index is 12.2. The SMILES string of the molecule is CCNc1nnc(SCC(=O)Nc2nc(-c3cc(C)ccc3C)cs2)s1. The maximum atomic E-state index is 12.2. The van der Waals surface area contributed by atoms with Gasteiger partial charge in [0.15, 0.2) is 9.47 Å². The minimum Gasteiger partial charge on any atom is -0.360 e. The summed E-state index contributed by atoms with van der Waals surface area (Å²) in [6.07, 6.45) is 0. The summed E-state index contributed by atoms with van der Waals surface area (Å²) in [7, 11) is 0. The van der Waals surface area contributed by atoms with E-state index in [1.54, 1.807) is 0 Å². The molecule has 0 aliphatic heterocycles. The molecule has 0 spiro atoms. The summed E-state index contributed by atoms with van der Waals surface area (Å²) in [5, 5.41) is 17.4. The molecule has 6 nitrogen and oxygen atoms in total. The molecule has 0 unspecified atom stereocenters. The van der Waals surface area contributed by atoms with Crippen molar-refractivity contribution in [2.75, 3.05) is 22.9 Å². The Morgan fingerprint density at radius 2 is 2.08 bits per heavy atom. The van der Waals surface area contributed by atoms with Gasteiger partial charge >= 0.3 is 0 Å². The summed E-state index contributed by atoms with van der Waals surface area (Å²) in [6, 6.07) is 6.28. The number of thiazole rings is 1. The monoisotopic (exact) mass is 405 g/mol. The normalized spacial score (nSPS) is 10.7. The van der Waals surface area contributed by atoms with E-state index in [-0.39, 0.29) is 11.7 Å². The van der Waals surface area contributed by atoms with Crippen molar-refractivity contribution in [2.45, 2.75) is 25.1 Å². The Morgan fingerprint density at radius 3 is 2.88 bits per heavy atom. The summed E-state index contributed by atoms with van der Waals surface area (Å²) < 4.78 is 0.770. The number of nitrogens with one attached hydrogen (secondary N) is 2. The van der Waals surface area contributed by atoms with Crippen LogP contribution in [0.25, 0.3) is 11.3 Å². The standard InChI is InChI=1S/C17H19N5OS3/c1-4-18-15-21-22-17(26-15)25-9-14(23)20-16-19-13(8-24-16)12-7-10(2)5-6-11(12)3/h5-8H,4,9H2,1-3H3,(H,18,21)(H,19,20,23). The second-order valence-corrected chi connectivity index (χ2v) is 8.65. The number of rotatable bonds is 7. The molecule has 0 aliphatic rings. The molecule has 1 aromatic carbocycles. The first-order chi connectivity index (χ1) is 12.5. The van der Waals surface area contributed by atoms with Crippen LogP contribution in [-0.2, 0) is 4.79 Å². The quantitative estimate of drug-likeness (QED) is 0.566. The zero-order chi connectivity index (χ0) is 18.5. The molecule has 3 rings (SSSR count). The van der Waals surface area contributed by atoms with Crippen LogP contribution in [0.1, 0.15) is 18.1 Å². The summed E-state index contributed by atoms with van der Waals surface area (Å²) in [4.78, 5) is 16.7. The van der Waals surface area contributed by atoms with Crippen molar-refractivity contribution in [1.82, 2.24) is 15.2 Å². The number of hydrogen-bond acceptors (Lipinski definition) is 8. The van der Waals surface area contributed by atoms with E-state index in [1.165, 1.54) is 45.6 Å². The third-order valence-corrected chi connectivity index (χ3v) is 6.25. The molecule has 0 fully saturated rings. The number of nitrogens with zero attached hydrogens (tertiary/aromatic N) is 3. The van der Waals surface area contributed by atoms with Crippen molar-refractivity contribution in [3.63, 3.8) is 0 Å². The van der Waals surface area contributed by atoms with Gasteiger partial charge in [-0.15, -0.1) is 21.5 Å². The molecule has 26 heavy (non-hydrogen) atoms. The van der Waals surface area contributed by atoms with Gasteiger partial charge in [-0.05, 0) is 32.4 Å². The van der Waals surface area contributed by atoms with E-state index in [2.05, 4.69) is 57.9 Å². The van der Waals surface area contributed by atoms with Gasteiger partial charge in [-0.25, -0.2) is 4.98 Å². The van der Waals surface area contributed by atoms with E-state index in [0.29, 0.717) is 5.13 Å². The molecule has 0 saturated heterocycles. The fourth-order valence-electron chi connectivity index (χ4n) is 2.24. The first-order valence-corrected chi connectivity index (χ1v) is 10.8. The molecule has 1 amide bonds. The number of hydrogen-bond donors (Lipinski definition) is 2. The number of anilines is 2. The average molecular weight is 406 g/mol. The molecule has 3 aromatic rings. The number of aryl methyl sites for hydroxylation is 2. The van der Waals surface area contributed by atoms with Crippen molar-refractivity contribution >= 4 is 50.6 Å². The Labute approximate surface area is 164 Å². The zero-order valence-electron chi connectivity index (χ0n) is 14.7. The lowest BCUT2D eigenvalue weighted by Crippen LogP contribution is -2.13. The molecule has 136 valence electrons. The number of thioether (sulfide) groups is 1. The lowest BCUT2D eigenvalue weighted by molar-refractivity contribution is -0.113. The van der Waals surface area contributed by atoms with Gasteiger partial charge in [0.1, 0.15) is 0 Å². The van der Waals surface area contributed by atoms with Crippen molar-refractivity contribution in [3.8, 4) is 11.3 Å². The highest BCUT2D eigenvalue weighted by Crippen LogP contribution is 2.29. The molecular formula is C17H19N5OS3. The van der Waals surface area contributed by atoms with Crippen molar-refractivity contribution in [1.29, 1.82) is 0 Å². The summed E-state index contributed by atoms with van der Waals surface area (Å²) >= 11 is 4.25. The molecule has 0 aliphatic carbocycles. The number of carbonyl (C=O) groups is 1. The predicted octanol–water partition coefficient (Wildman–Crippen LogP) is 4.44. The van der Waals surface area contributed by atoms with E-state index in [9.17, 15) is 4.79 Å². The Hall–Kier alpha value is -1.97. The molecule has 9 heteroatoms. The molecular weight excluding hydrogens is 386 g/mol. The number of aromatic nitrogens is 3. The Bertz CT molecular complexity index is 905. The third-order valence-electron chi connectivity index (χ3n) is 3.48. The van der Waals surface area contributed by atoms with Crippen LogP contribution in [0.3, 0.4) is 0 Å². The lowest BCUT2D eigenvalue weighted by Gasteiger charge is -2.04. The largest absolute Gasteiger partial charge is 0.360 e. The average Bonchev–Trinajstić information content (AvgIpc) is 3.25. The van der Waals surface area contributed by atoms with Gasteiger partial charge in [0.05, 0.1) is 11.4 Å². The fourth-order valence-corrected chi connectivity index (χ4v) is 4.59. The van der Waals surface area contributed by atoms with Crippen molar-refractivity contribution < 1.29 is 4.79 Å². The van der Waals surface area contributed by atoms with Crippen molar-refractivity contribution in [2.24, 2.45) is 0 Å². The van der Waals surface area contributed by atoms with Crippen molar-refractivity contribution in [3.05, 3.63) is 34.7 Å². The van der Waals surface area contributed by atoms with E-state index in [4.69, 9.17) is 0 Å². The van der Waals surface area contributed by atoms with Gasteiger partial charge in [0.2, 0.25) is 11.0 Å². The molecule has 2 aromatic heterocycles. The molecule has 0 radical (unpaired) electrons. The van der Waals surface area contributed by atoms with Crippen LogP contribution in [-0.4, -0.2) is 33.4 Å². The Balaban J connectivity index is 1.58. The highest BCUT2D eigenvalue weighted by molar-refractivity contribution is 8.01. The van der Waals surface area contributed by atoms with E-state index in [1.807, 2.05) is 12.3 Å². The summed E-state index contributed by atoms with van der Waals surface area (Å²) in [5.41, 5.74) is 4.34. The van der Waals surface area contributed by atoms with E-state index in [0.717, 1.165) is 27.3 Å². The van der Waals surface area contributed by atoms with Crippen LogP contribution in [0.5, 0.6) is 0 Å². The van der Waals surface area contributed by atoms with Crippen LogP contribution in [0.15, 0.2) is 27.9 Å². The zero-order valence-corrected chi connectivity index (χ0v) is 17.1. The molecule has 0 saturated carbocycles. The molecule has 0 atom stereocenters. The minimum absolute atomic E-state index is 0.0999. The van der Waals surface area contributed by atoms with Gasteiger partial charge in [0.25, 0.3) is 0 Å². The molecule has 0 bridgehead atoms. The highest BCUT2D eigenvalue weighted by Gasteiger charge is 2.12. The number of benzene rings is 1. The first-order valence-electron chi connectivity index (χ1n) is 8.08. The topological polar surface area (TPSA) is 79.8 Å². The van der Waals surface area contributed by atoms with E-state index >= 15 is 0 Å². The van der Waals surface area contributed by atoms with Gasteiger partial charge in [0, 0.05) is 17.5 Å². The minimum atomic E-state index is -0.0999.